The number of rotatable bonds is 7. The predicted octanol–water partition coefficient (Wildman–Crippen LogP) is 3.10. The Balaban J connectivity index is 2.04. The number of nitrogens with one attached hydrogen (secondary N) is 1. The molecule has 0 saturated carbocycles. The number of aryl methyl sites for hydroxylation is 2. The molecule has 0 atom stereocenters. The molecule has 0 aliphatic heterocycles. The number of hydrogen-bond acceptors (Lipinski definition) is 4. The molecular formula is C22H28N3O2S+. The van der Waals surface area contributed by atoms with Crippen LogP contribution < -0.4 is 14.5 Å². The molecule has 5 nitrogen and oxygen atoms in total. The van der Waals surface area contributed by atoms with Crippen LogP contribution in [-0.4, -0.2) is 44.7 Å². The summed E-state index contributed by atoms with van der Waals surface area (Å²) in [5.74, 6) is 0.763. The van der Waals surface area contributed by atoms with Gasteiger partial charge in [-0.05, 0) is 44.5 Å². The lowest BCUT2D eigenvalue weighted by molar-refractivity contribution is -0.856. The van der Waals surface area contributed by atoms with Crippen LogP contribution >= 0.6 is 11.3 Å². The maximum absolute atomic E-state index is 13.5. The molecule has 0 bridgehead atoms. The molecule has 0 radical (unpaired) electrons. The Morgan fingerprint density at radius 3 is 2.71 bits per heavy atom. The van der Waals surface area contributed by atoms with E-state index in [4.69, 9.17) is 9.72 Å². The normalized spacial score (nSPS) is 11.2. The van der Waals surface area contributed by atoms with Crippen LogP contribution in [0.3, 0.4) is 0 Å². The molecule has 0 spiro atoms. The average Bonchev–Trinajstić information content (AvgIpc) is 3.08. The lowest BCUT2D eigenvalue weighted by Crippen LogP contribution is -3.06. The summed E-state index contributed by atoms with van der Waals surface area (Å²) in [6, 6.07) is 11.9. The molecule has 0 aliphatic carbocycles. The van der Waals surface area contributed by atoms with Gasteiger partial charge in [-0.15, -0.1) is 0 Å². The van der Waals surface area contributed by atoms with Gasteiger partial charge in [0.15, 0.2) is 5.13 Å². The van der Waals surface area contributed by atoms with Crippen molar-refractivity contribution in [3.05, 3.63) is 53.1 Å². The topological polar surface area (TPSA) is 46.9 Å². The monoisotopic (exact) mass is 398 g/mol. The van der Waals surface area contributed by atoms with E-state index in [2.05, 4.69) is 14.1 Å². The van der Waals surface area contributed by atoms with Crippen LogP contribution in [0.2, 0.25) is 0 Å². The van der Waals surface area contributed by atoms with E-state index < -0.39 is 0 Å². The van der Waals surface area contributed by atoms with Gasteiger partial charge in [0.25, 0.3) is 5.91 Å². The van der Waals surface area contributed by atoms with Crippen molar-refractivity contribution in [3.63, 3.8) is 0 Å². The maximum atomic E-state index is 13.5. The van der Waals surface area contributed by atoms with Crippen molar-refractivity contribution in [3.8, 4) is 5.75 Å². The summed E-state index contributed by atoms with van der Waals surface area (Å²) in [5, 5.41) is 0.717. The Hall–Kier alpha value is -2.44. The van der Waals surface area contributed by atoms with Gasteiger partial charge in [-0.2, -0.15) is 0 Å². The first-order valence-electron chi connectivity index (χ1n) is 9.61. The first-order chi connectivity index (χ1) is 13.4. The standard InChI is InChI=1S/C22H27N3O2S/c1-6-27-18-8-7-9-19-20(18)23-22(28-19)25(13-12-24(4)5)21(26)17-14-15(2)10-11-16(17)3/h7-11,14H,6,12-13H2,1-5H3/p+1. The molecular weight excluding hydrogens is 370 g/mol. The number of carbonyl (C=O) groups excluding carboxylic acids is 1. The number of quaternary nitrogens is 1. The second-order valence-corrected chi connectivity index (χ2v) is 8.27. The van der Waals surface area contributed by atoms with Gasteiger partial charge in [0.1, 0.15) is 11.3 Å². The van der Waals surface area contributed by atoms with Crippen molar-refractivity contribution in [2.45, 2.75) is 20.8 Å². The van der Waals surface area contributed by atoms with E-state index in [0.29, 0.717) is 18.3 Å². The summed E-state index contributed by atoms with van der Waals surface area (Å²) in [6.45, 7) is 7.98. The van der Waals surface area contributed by atoms with Gasteiger partial charge in [0.2, 0.25) is 0 Å². The smallest absolute Gasteiger partial charge is 0.260 e. The maximum Gasteiger partial charge on any atom is 0.260 e. The van der Waals surface area contributed by atoms with E-state index in [9.17, 15) is 4.79 Å². The molecule has 1 amide bonds. The Kier molecular flexibility index (Phi) is 6.31. The summed E-state index contributed by atoms with van der Waals surface area (Å²) < 4.78 is 6.75. The molecule has 28 heavy (non-hydrogen) atoms. The van der Waals surface area contributed by atoms with Crippen molar-refractivity contribution >= 4 is 32.6 Å². The molecule has 0 saturated heterocycles. The van der Waals surface area contributed by atoms with Crippen LogP contribution in [0, 0.1) is 13.8 Å². The van der Waals surface area contributed by atoms with Crippen LogP contribution in [0.4, 0.5) is 5.13 Å². The minimum Gasteiger partial charge on any atom is -0.492 e. The second kappa shape index (κ2) is 8.71. The van der Waals surface area contributed by atoms with Gasteiger partial charge in [-0.1, -0.05) is 35.1 Å². The van der Waals surface area contributed by atoms with Crippen LogP contribution in [0.15, 0.2) is 36.4 Å². The summed E-state index contributed by atoms with van der Waals surface area (Å²) >= 11 is 1.53. The number of thiazole rings is 1. The number of ether oxygens (including phenoxy) is 1. The van der Waals surface area contributed by atoms with Gasteiger partial charge in [-0.3, -0.25) is 9.69 Å². The number of fused-ring (bicyclic) bond motifs is 1. The van der Waals surface area contributed by atoms with Crippen LogP contribution in [0.5, 0.6) is 5.75 Å². The highest BCUT2D eigenvalue weighted by Gasteiger charge is 2.24. The Morgan fingerprint density at radius 1 is 1.21 bits per heavy atom. The number of anilines is 1. The fraction of sp³-hybridized carbons (Fsp3) is 0.364. The summed E-state index contributed by atoms with van der Waals surface area (Å²) in [5.41, 5.74) is 3.61. The molecule has 1 heterocycles. The Morgan fingerprint density at radius 2 is 2.00 bits per heavy atom. The van der Waals surface area contributed by atoms with Gasteiger partial charge in [0, 0.05) is 5.56 Å². The summed E-state index contributed by atoms with van der Waals surface area (Å²) in [4.78, 5) is 21.4. The van der Waals surface area contributed by atoms with Crippen molar-refractivity contribution in [2.24, 2.45) is 0 Å². The number of nitrogens with zero attached hydrogens (tertiary/aromatic N) is 2. The molecule has 3 aromatic rings. The predicted molar refractivity (Wildman–Crippen MR) is 116 cm³/mol. The molecule has 0 fully saturated rings. The molecule has 6 heteroatoms. The zero-order valence-corrected chi connectivity index (χ0v) is 18.0. The van der Waals surface area contributed by atoms with Crippen molar-refractivity contribution in [1.82, 2.24) is 4.98 Å². The van der Waals surface area contributed by atoms with E-state index in [1.54, 1.807) is 0 Å². The van der Waals surface area contributed by atoms with Gasteiger partial charge in [0.05, 0.1) is 38.5 Å². The molecule has 1 aromatic heterocycles. The lowest BCUT2D eigenvalue weighted by atomic mass is 10.0. The highest BCUT2D eigenvalue weighted by Crippen LogP contribution is 2.34. The number of amides is 1. The van der Waals surface area contributed by atoms with E-state index in [1.807, 2.05) is 62.1 Å². The average molecular weight is 399 g/mol. The van der Waals surface area contributed by atoms with Gasteiger partial charge >= 0.3 is 0 Å². The van der Waals surface area contributed by atoms with E-state index >= 15 is 0 Å². The Labute approximate surface area is 170 Å². The summed E-state index contributed by atoms with van der Waals surface area (Å²) in [7, 11) is 4.18. The third-order valence-electron chi connectivity index (χ3n) is 4.61. The molecule has 1 N–H and O–H groups in total. The molecule has 3 rings (SSSR count). The highest BCUT2D eigenvalue weighted by atomic mass is 32.1. The minimum atomic E-state index is -0.000494. The largest absolute Gasteiger partial charge is 0.492 e. The van der Waals surface area contributed by atoms with Crippen molar-refractivity contribution in [1.29, 1.82) is 0 Å². The quantitative estimate of drug-likeness (QED) is 0.665. The third kappa shape index (κ3) is 4.34. The molecule has 2 aromatic carbocycles. The molecule has 148 valence electrons. The Bertz CT molecular complexity index is 981. The third-order valence-corrected chi connectivity index (χ3v) is 5.65. The van der Waals surface area contributed by atoms with Crippen molar-refractivity contribution < 1.29 is 14.4 Å². The number of aromatic nitrogens is 1. The van der Waals surface area contributed by atoms with E-state index in [-0.39, 0.29) is 5.91 Å². The number of hydrogen-bond donors (Lipinski definition) is 1. The zero-order valence-electron chi connectivity index (χ0n) is 17.2. The van der Waals surface area contributed by atoms with Gasteiger partial charge in [-0.25, -0.2) is 4.98 Å². The second-order valence-electron chi connectivity index (χ2n) is 7.26. The highest BCUT2D eigenvalue weighted by molar-refractivity contribution is 7.22. The number of para-hydroxylation sites is 1. The fourth-order valence-electron chi connectivity index (χ4n) is 3.03. The SMILES string of the molecule is CCOc1cccc2sc(N(CC[NH+](C)C)C(=O)c3cc(C)ccc3C)nc12. The van der Waals surface area contributed by atoms with E-state index in [0.717, 1.165) is 39.2 Å². The number of likely N-dealkylation sites (N-methyl/N-ethyl adjacent to an activating group) is 1. The van der Waals surface area contributed by atoms with Gasteiger partial charge < -0.3 is 9.64 Å². The molecule has 0 unspecified atom stereocenters. The fourth-order valence-corrected chi connectivity index (χ4v) is 4.04. The lowest BCUT2D eigenvalue weighted by Gasteiger charge is -2.21. The van der Waals surface area contributed by atoms with E-state index in [1.165, 1.54) is 16.2 Å². The molecule has 0 aliphatic rings. The summed E-state index contributed by atoms with van der Waals surface area (Å²) in [6.07, 6.45) is 0. The minimum absolute atomic E-state index is 0.000494. The first-order valence-corrected chi connectivity index (χ1v) is 10.4. The van der Waals surface area contributed by atoms with Crippen LogP contribution in [0.1, 0.15) is 28.4 Å². The number of benzene rings is 2. The zero-order chi connectivity index (χ0) is 20.3. The van der Waals surface area contributed by atoms with Crippen LogP contribution in [0.25, 0.3) is 10.2 Å². The van der Waals surface area contributed by atoms with Crippen LogP contribution in [-0.2, 0) is 0 Å². The first kappa shape index (κ1) is 20.3. The number of carbonyl (C=O) groups is 1. The van der Waals surface area contributed by atoms with Crippen molar-refractivity contribution in [2.75, 3.05) is 38.7 Å².